The fourth-order valence-corrected chi connectivity index (χ4v) is 3.12. The summed E-state index contributed by atoms with van der Waals surface area (Å²) in [5.74, 6) is -1.87. The summed E-state index contributed by atoms with van der Waals surface area (Å²) in [5, 5.41) is 6.88. The van der Waals surface area contributed by atoms with Crippen molar-refractivity contribution in [1.82, 2.24) is 5.43 Å². The Kier molecular flexibility index (Phi) is 8.24. The number of para-hydroxylation sites is 1. The van der Waals surface area contributed by atoms with Crippen molar-refractivity contribution in [2.24, 2.45) is 5.10 Å². The number of halogens is 2. The number of benzene rings is 3. The summed E-state index contributed by atoms with van der Waals surface area (Å²) in [7, 11) is 1.50. The molecule has 0 aliphatic carbocycles. The molecule has 10 heteroatoms. The van der Waals surface area contributed by atoms with Crippen LogP contribution in [0.5, 0.6) is 11.5 Å². The Morgan fingerprint density at radius 2 is 1.68 bits per heavy atom. The number of hydrogen-bond donors (Lipinski definition) is 2. The Morgan fingerprint density at radius 1 is 0.912 bits per heavy atom. The number of esters is 1. The number of nitrogens with zero attached hydrogens (tertiary/aromatic N) is 1. The number of carbonyl (C=O) groups is 3. The lowest BCUT2D eigenvalue weighted by Crippen LogP contribution is -2.33. The van der Waals surface area contributed by atoms with Crippen molar-refractivity contribution in [3.05, 3.63) is 87.9 Å². The second-order valence-electron chi connectivity index (χ2n) is 6.83. The first-order chi connectivity index (χ1) is 16.3. The molecule has 3 aromatic rings. The number of rotatable bonds is 6. The van der Waals surface area contributed by atoms with E-state index in [0.717, 1.165) is 0 Å². The van der Waals surface area contributed by atoms with E-state index in [1.54, 1.807) is 61.5 Å². The molecular weight excluding hydrogens is 481 g/mol. The minimum Gasteiger partial charge on any atom is -0.497 e. The Balaban J connectivity index is 1.70. The maximum Gasteiger partial charge on any atom is 0.343 e. The molecule has 8 nitrogen and oxygen atoms in total. The predicted molar refractivity (Wildman–Crippen MR) is 130 cm³/mol. The zero-order valence-corrected chi connectivity index (χ0v) is 19.6. The lowest BCUT2D eigenvalue weighted by Gasteiger charge is -2.11. The van der Waals surface area contributed by atoms with Crippen LogP contribution in [0.4, 0.5) is 5.69 Å². The van der Waals surface area contributed by atoms with Crippen LogP contribution < -0.4 is 20.2 Å². The van der Waals surface area contributed by atoms with E-state index in [2.05, 4.69) is 15.8 Å². The number of ether oxygens (including phenoxy) is 2. The van der Waals surface area contributed by atoms with E-state index in [-0.39, 0.29) is 16.5 Å². The topological polar surface area (TPSA) is 106 Å². The van der Waals surface area contributed by atoms with Crippen LogP contribution >= 0.6 is 23.2 Å². The number of nitrogens with one attached hydrogen (secondary N) is 2. The zero-order valence-electron chi connectivity index (χ0n) is 18.1. The van der Waals surface area contributed by atoms with Crippen molar-refractivity contribution in [1.29, 1.82) is 0 Å². The van der Waals surface area contributed by atoms with Crippen LogP contribution in [0.2, 0.25) is 10.0 Å². The van der Waals surface area contributed by atoms with Crippen molar-refractivity contribution < 1.29 is 23.9 Å². The molecule has 0 saturated heterocycles. The van der Waals surface area contributed by atoms with Gasteiger partial charge in [0.25, 0.3) is 0 Å². The number of anilines is 1. The number of hydrogen-bond acceptors (Lipinski definition) is 6. The molecule has 0 aromatic heterocycles. The fraction of sp³-hybridized carbons (Fsp3) is 0.0833. The minimum atomic E-state index is -1.03. The van der Waals surface area contributed by atoms with Gasteiger partial charge in [-0.05, 0) is 55.5 Å². The van der Waals surface area contributed by atoms with Gasteiger partial charge >= 0.3 is 17.8 Å². The highest BCUT2D eigenvalue weighted by Crippen LogP contribution is 2.25. The third-order valence-corrected chi connectivity index (χ3v) is 5.06. The molecule has 0 aliphatic rings. The van der Waals surface area contributed by atoms with Gasteiger partial charge in [-0.25, -0.2) is 10.2 Å². The maximum absolute atomic E-state index is 12.6. The summed E-state index contributed by atoms with van der Waals surface area (Å²) < 4.78 is 10.6. The van der Waals surface area contributed by atoms with Gasteiger partial charge < -0.3 is 14.8 Å². The van der Waals surface area contributed by atoms with Gasteiger partial charge in [0.05, 0.1) is 29.1 Å². The normalized spacial score (nSPS) is 10.9. The summed E-state index contributed by atoms with van der Waals surface area (Å²) in [6.45, 7) is 1.59. The molecule has 0 saturated carbocycles. The molecule has 0 aliphatic heterocycles. The van der Waals surface area contributed by atoms with E-state index in [4.69, 9.17) is 32.7 Å². The average molecular weight is 500 g/mol. The quantitative estimate of drug-likeness (QED) is 0.168. The Bertz CT molecular complexity index is 1280. The summed E-state index contributed by atoms with van der Waals surface area (Å²) >= 11 is 11.9. The first kappa shape index (κ1) is 24.8. The average Bonchev–Trinajstić information content (AvgIpc) is 2.84. The molecule has 0 spiro atoms. The van der Waals surface area contributed by atoms with Crippen LogP contribution in [-0.2, 0) is 9.59 Å². The molecule has 3 aromatic carbocycles. The summed E-state index contributed by atoms with van der Waals surface area (Å²) in [5.41, 5.74) is 3.39. The molecule has 2 N–H and O–H groups in total. The Labute approximate surface area is 205 Å². The molecule has 0 unspecified atom stereocenters. The standard InChI is InChI=1S/C24H19Cl2N3O5/c1-14(28-29-23(31)22(30)27-20-13-16(25)10-11-19(20)26)18-8-3-4-9-21(18)34-24(32)15-6-5-7-17(12-15)33-2/h3-13H,1-2H3,(H,27,30)(H,29,31)/b28-14+. The lowest BCUT2D eigenvalue weighted by atomic mass is 10.1. The number of hydrazone groups is 1. The lowest BCUT2D eigenvalue weighted by molar-refractivity contribution is -0.136. The van der Waals surface area contributed by atoms with Gasteiger partial charge in [-0.1, -0.05) is 41.4 Å². The summed E-state index contributed by atoms with van der Waals surface area (Å²) in [6.07, 6.45) is 0. The van der Waals surface area contributed by atoms with E-state index >= 15 is 0 Å². The second-order valence-corrected chi connectivity index (χ2v) is 7.68. The van der Waals surface area contributed by atoms with Crippen molar-refractivity contribution in [3.63, 3.8) is 0 Å². The Morgan fingerprint density at radius 3 is 2.44 bits per heavy atom. The van der Waals surface area contributed by atoms with E-state index < -0.39 is 17.8 Å². The molecular formula is C24H19Cl2N3O5. The molecule has 0 heterocycles. The number of amides is 2. The zero-order chi connectivity index (χ0) is 24.7. The molecule has 3 rings (SSSR count). The fourth-order valence-electron chi connectivity index (χ4n) is 2.78. The highest BCUT2D eigenvalue weighted by Gasteiger charge is 2.17. The van der Waals surface area contributed by atoms with Gasteiger partial charge in [-0.2, -0.15) is 5.10 Å². The van der Waals surface area contributed by atoms with Crippen molar-refractivity contribution in [3.8, 4) is 11.5 Å². The van der Waals surface area contributed by atoms with Crippen molar-refractivity contribution in [2.75, 3.05) is 12.4 Å². The van der Waals surface area contributed by atoms with Crippen molar-refractivity contribution in [2.45, 2.75) is 6.92 Å². The van der Waals surface area contributed by atoms with Gasteiger partial charge in [0.15, 0.2) is 0 Å². The smallest absolute Gasteiger partial charge is 0.343 e. The van der Waals surface area contributed by atoms with Crippen molar-refractivity contribution >= 4 is 52.4 Å². The number of carbonyl (C=O) groups excluding carboxylic acids is 3. The van der Waals surface area contributed by atoms with Crippen LogP contribution in [0.3, 0.4) is 0 Å². The summed E-state index contributed by atoms with van der Waals surface area (Å²) in [6, 6.07) is 17.6. The van der Waals surface area contributed by atoms with Gasteiger partial charge in [0.1, 0.15) is 11.5 Å². The number of methoxy groups -OCH3 is 1. The SMILES string of the molecule is COc1cccc(C(=O)Oc2ccccc2/C(C)=N/NC(=O)C(=O)Nc2cc(Cl)ccc2Cl)c1. The Hall–Kier alpha value is -3.88. The minimum absolute atomic E-state index is 0.185. The summed E-state index contributed by atoms with van der Waals surface area (Å²) in [4.78, 5) is 36.9. The largest absolute Gasteiger partial charge is 0.497 e. The van der Waals surface area contributed by atoms with E-state index in [1.165, 1.54) is 19.2 Å². The highest BCUT2D eigenvalue weighted by molar-refractivity contribution is 6.42. The first-order valence-corrected chi connectivity index (χ1v) is 10.6. The first-order valence-electron chi connectivity index (χ1n) is 9.84. The van der Waals surface area contributed by atoms with Gasteiger partial charge in [0.2, 0.25) is 0 Å². The van der Waals surface area contributed by atoms with E-state index in [1.807, 2.05) is 0 Å². The van der Waals surface area contributed by atoms with Gasteiger partial charge in [0, 0.05) is 10.6 Å². The molecule has 0 fully saturated rings. The molecule has 0 bridgehead atoms. The van der Waals surface area contributed by atoms with Gasteiger partial charge in [-0.15, -0.1) is 0 Å². The van der Waals surface area contributed by atoms with E-state index in [0.29, 0.717) is 27.6 Å². The monoisotopic (exact) mass is 499 g/mol. The third kappa shape index (κ3) is 6.34. The molecule has 0 atom stereocenters. The third-order valence-electron chi connectivity index (χ3n) is 4.49. The van der Waals surface area contributed by atoms with Gasteiger partial charge in [-0.3, -0.25) is 9.59 Å². The molecule has 0 radical (unpaired) electrons. The molecule has 2 amide bonds. The van der Waals surface area contributed by atoms with Crippen LogP contribution in [0.25, 0.3) is 0 Å². The predicted octanol–water partition coefficient (Wildman–Crippen LogP) is 4.70. The van der Waals surface area contributed by atoms with Crippen LogP contribution in [0.15, 0.2) is 71.8 Å². The maximum atomic E-state index is 12.6. The highest BCUT2D eigenvalue weighted by atomic mass is 35.5. The van der Waals surface area contributed by atoms with Crippen LogP contribution in [0.1, 0.15) is 22.8 Å². The second kappa shape index (κ2) is 11.3. The van der Waals surface area contributed by atoms with Crippen LogP contribution in [0, 0.1) is 0 Å². The van der Waals surface area contributed by atoms with Crippen LogP contribution in [-0.4, -0.2) is 30.6 Å². The van der Waals surface area contributed by atoms with E-state index in [9.17, 15) is 14.4 Å². The molecule has 174 valence electrons. The molecule has 34 heavy (non-hydrogen) atoms.